The Labute approximate surface area is 132 Å². The van der Waals surface area contributed by atoms with E-state index in [4.69, 9.17) is 4.74 Å². The molecule has 0 radical (unpaired) electrons. The van der Waals surface area contributed by atoms with E-state index < -0.39 is 0 Å². The first-order valence-electron chi connectivity index (χ1n) is 7.67. The number of allylic oxidation sites excluding steroid dienone is 1. The normalized spacial score (nSPS) is 11.2. The predicted octanol–water partition coefficient (Wildman–Crippen LogP) is 4.35. The molecule has 22 heavy (non-hydrogen) atoms. The zero-order valence-electron chi connectivity index (χ0n) is 13.0. The summed E-state index contributed by atoms with van der Waals surface area (Å²) in [5.41, 5.74) is 3.15. The van der Waals surface area contributed by atoms with Crippen molar-refractivity contribution in [3.8, 4) is 0 Å². The van der Waals surface area contributed by atoms with Crippen LogP contribution in [-0.4, -0.2) is 12.6 Å². The van der Waals surface area contributed by atoms with Crippen LogP contribution >= 0.6 is 0 Å². The lowest BCUT2D eigenvalue weighted by Gasteiger charge is -2.05. The second kappa shape index (κ2) is 8.83. The second-order valence-corrected chi connectivity index (χ2v) is 5.28. The number of aryl methyl sites for hydroxylation is 1. The highest BCUT2D eigenvalue weighted by Crippen LogP contribution is 2.06. The molecule has 2 nitrogen and oxygen atoms in total. The maximum atomic E-state index is 11.9. The van der Waals surface area contributed by atoms with Gasteiger partial charge in [-0.1, -0.05) is 66.7 Å². The van der Waals surface area contributed by atoms with Crippen molar-refractivity contribution in [2.75, 3.05) is 6.61 Å². The molecule has 2 rings (SSSR count). The molecule has 0 saturated carbocycles. The first-order chi connectivity index (χ1) is 10.8. The smallest absolute Gasteiger partial charge is 0.333 e. The standard InChI is InChI=1S/C20H22O2/c1-17(9-8-14-18-10-4-2-5-11-18)20(21)22-16-15-19-12-6-3-7-13-19/h2-7,9-13H,8,14-16H2,1H3. The molecule has 2 aromatic carbocycles. The minimum absolute atomic E-state index is 0.219. The fourth-order valence-corrected chi connectivity index (χ4v) is 2.20. The molecular weight excluding hydrogens is 272 g/mol. The Morgan fingerprint density at radius 2 is 1.45 bits per heavy atom. The largest absolute Gasteiger partial charge is 0.462 e. The van der Waals surface area contributed by atoms with Crippen LogP contribution in [0, 0.1) is 0 Å². The SMILES string of the molecule is CC(=CCCc1ccccc1)C(=O)OCCc1ccccc1. The van der Waals surface area contributed by atoms with Gasteiger partial charge in [-0.15, -0.1) is 0 Å². The predicted molar refractivity (Wildman–Crippen MR) is 89.6 cm³/mol. The van der Waals surface area contributed by atoms with Crippen molar-refractivity contribution in [2.24, 2.45) is 0 Å². The van der Waals surface area contributed by atoms with Crippen molar-refractivity contribution in [3.05, 3.63) is 83.4 Å². The lowest BCUT2D eigenvalue weighted by atomic mass is 10.1. The van der Waals surface area contributed by atoms with Crippen LogP contribution < -0.4 is 0 Å². The molecule has 0 bridgehead atoms. The minimum atomic E-state index is -0.219. The summed E-state index contributed by atoms with van der Waals surface area (Å²) in [7, 11) is 0. The summed E-state index contributed by atoms with van der Waals surface area (Å²) in [6.45, 7) is 2.24. The van der Waals surface area contributed by atoms with Crippen molar-refractivity contribution < 1.29 is 9.53 Å². The molecule has 0 unspecified atom stereocenters. The van der Waals surface area contributed by atoms with E-state index in [1.54, 1.807) is 0 Å². The molecule has 0 aromatic heterocycles. The second-order valence-electron chi connectivity index (χ2n) is 5.28. The zero-order chi connectivity index (χ0) is 15.6. The number of hydrogen-bond acceptors (Lipinski definition) is 2. The first-order valence-corrected chi connectivity index (χ1v) is 7.67. The number of hydrogen-bond donors (Lipinski definition) is 0. The quantitative estimate of drug-likeness (QED) is 0.560. The van der Waals surface area contributed by atoms with Gasteiger partial charge in [-0.05, 0) is 30.9 Å². The Balaban J connectivity index is 1.71. The number of benzene rings is 2. The summed E-state index contributed by atoms with van der Waals surface area (Å²) in [5, 5.41) is 0. The van der Waals surface area contributed by atoms with Crippen LogP contribution in [0.3, 0.4) is 0 Å². The van der Waals surface area contributed by atoms with E-state index in [-0.39, 0.29) is 5.97 Å². The van der Waals surface area contributed by atoms with E-state index in [2.05, 4.69) is 12.1 Å². The third-order valence-electron chi connectivity index (χ3n) is 3.52. The highest BCUT2D eigenvalue weighted by molar-refractivity contribution is 5.87. The monoisotopic (exact) mass is 294 g/mol. The molecule has 114 valence electrons. The Morgan fingerprint density at radius 1 is 0.909 bits per heavy atom. The lowest BCUT2D eigenvalue weighted by molar-refractivity contribution is -0.138. The first kappa shape index (κ1) is 16.0. The van der Waals surface area contributed by atoms with Crippen LogP contribution in [0.4, 0.5) is 0 Å². The third-order valence-corrected chi connectivity index (χ3v) is 3.52. The molecular formula is C20H22O2. The number of carbonyl (C=O) groups excluding carboxylic acids is 1. The average Bonchev–Trinajstić information content (AvgIpc) is 2.56. The van der Waals surface area contributed by atoms with E-state index in [1.165, 1.54) is 11.1 Å². The maximum Gasteiger partial charge on any atom is 0.333 e. The van der Waals surface area contributed by atoms with E-state index in [1.807, 2.05) is 61.5 Å². The van der Waals surface area contributed by atoms with Crippen molar-refractivity contribution >= 4 is 5.97 Å². The molecule has 0 N–H and O–H groups in total. The van der Waals surface area contributed by atoms with Crippen LogP contribution in [0.15, 0.2) is 72.3 Å². The summed E-state index contributed by atoms with van der Waals surface area (Å²) in [6.07, 6.45) is 4.50. The average molecular weight is 294 g/mol. The molecule has 0 aliphatic carbocycles. The van der Waals surface area contributed by atoms with Gasteiger partial charge in [0, 0.05) is 12.0 Å². The molecule has 0 spiro atoms. The van der Waals surface area contributed by atoms with Gasteiger partial charge in [-0.2, -0.15) is 0 Å². The fourth-order valence-electron chi connectivity index (χ4n) is 2.20. The molecule has 0 heterocycles. The van der Waals surface area contributed by atoms with Crippen molar-refractivity contribution in [1.29, 1.82) is 0 Å². The summed E-state index contributed by atoms with van der Waals surface area (Å²) < 4.78 is 5.30. The van der Waals surface area contributed by atoms with Gasteiger partial charge in [0.2, 0.25) is 0 Å². The third kappa shape index (κ3) is 5.57. The number of ether oxygens (including phenoxy) is 1. The van der Waals surface area contributed by atoms with E-state index in [0.29, 0.717) is 12.2 Å². The summed E-state index contributed by atoms with van der Waals surface area (Å²) in [6, 6.07) is 20.3. The van der Waals surface area contributed by atoms with Crippen molar-refractivity contribution in [3.63, 3.8) is 0 Å². The highest BCUT2D eigenvalue weighted by Gasteiger charge is 2.05. The van der Waals surface area contributed by atoms with Crippen LogP contribution in [0.5, 0.6) is 0 Å². The Morgan fingerprint density at radius 3 is 2.05 bits per heavy atom. The van der Waals surface area contributed by atoms with E-state index in [9.17, 15) is 4.79 Å². The maximum absolute atomic E-state index is 11.9. The topological polar surface area (TPSA) is 26.3 Å². The minimum Gasteiger partial charge on any atom is -0.462 e. The highest BCUT2D eigenvalue weighted by atomic mass is 16.5. The molecule has 0 fully saturated rings. The van der Waals surface area contributed by atoms with Crippen LogP contribution in [0.2, 0.25) is 0 Å². The fraction of sp³-hybridized carbons (Fsp3) is 0.250. The molecule has 0 aliphatic heterocycles. The Hall–Kier alpha value is -2.35. The Kier molecular flexibility index (Phi) is 6.43. The lowest BCUT2D eigenvalue weighted by Crippen LogP contribution is -2.08. The molecule has 2 heteroatoms. The van der Waals surface area contributed by atoms with Crippen molar-refractivity contribution in [1.82, 2.24) is 0 Å². The van der Waals surface area contributed by atoms with Crippen LogP contribution in [0.1, 0.15) is 24.5 Å². The number of rotatable bonds is 7. The van der Waals surface area contributed by atoms with Gasteiger partial charge in [-0.25, -0.2) is 4.79 Å². The molecule has 0 aliphatic rings. The van der Waals surface area contributed by atoms with E-state index in [0.717, 1.165) is 19.3 Å². The summed E-state index contributed by atoms with van der Waals surface area (Å²) in [5.74, 6) is -0.219. The van der Waals surface area contributed by atoms with Crippen LogP contribution in [0.25, 0.3) is 0 Å². The number of esters is 1. The van der Waals surface area contributed by atoms with Crippen molar-refractivity contribution in [2.45, 2.75) is 26.2 Å². The van der Waals surface area contributed by atoms with Gasteiger partial charge in [0.05, 0.1) is 6.61 Å². The summed E-state index contributed by atoms with van der Waals surface area (Å²) in [4.78, 5) is 11.9. The number of carbonyl (C=O) groups is 1. The van der Waals surface area contributed by atoms with Crippen LogP contribution in [-0.2, 0) is 22.4 Å². The zero-order valence-corrected chi connectivity index (χ0v) is 13.0. The van der Waals surface area contributed by atoms with Gasteiger partial charge in [0.1, 0.15) is 0 Å². The molecule has 0 atom stereocenters. The molecule has 0 saturated heterocycles. The van der Waals surface area contributed by atoms with Gasteiger partial charge < -0.3 is 4.74 Å². The Bertz CT molecular complexity index is 600. The van der Waals surface area contributed by atoms with Gasteiger partial charge >= 0.3 is 5.97 Å². The molecule has 2 aromatic rings. The van der Waals surface area contributed by atoms with Gasteiger partial charge in [0.15, 0.2) is 0 Å². The van der Waals surface area contributed by atoms with E-state index >= 15 is 0 Å². The summed E-state index contributed by atoms with van der Waals surface area (Å²) >= 11 is 0. The van der Waals surface area contributed by atoms with Gasteiger partial charge in [0.25, 0.3) is 0 Å². The molecule has 0 amide bonds. The van der Waals surface area contributed by atoms with Gasteiger partial charge in [-0.3, -0.25) is 0 Å².